The van der Waals surface area contributed by atoms with Gasteiger partial charge in [0, 0.05) is 23.2 Å². The number of hydrogen-bond donors (Lipinski definition) is 1. The van der Waals surface area contributed by atoms with Crippen LogP contribution >= 0.6 is 0 Å². The van der Waals surface area contributed by atoms with Crippen molar-refractivity contribution in [1.29, 1.82) is 5.26 Å². The molecule has 0 aliphatic rings. The summed E-state index contributed by atoms with van der Waals surface area (Å²) in [5.41, 5.74) is 7.66. The van der Waals surface area contributed by atoms with E-state index in [-0.39, 0.29) is 0 Å². The molecule has 6 heteroatoms. The number of methoxy groups -OCH3 is 2. The highest BCUT2D eigenvalue weighted by atomic mass is 16.5. The van der Waals surface area contributed by atoms with E-state index in [1.54, 1.807) is 14.2 Å². The fourth-order valence-corrected chi connectivity index (χ4v) is 3.44. The van der Waals surface area contributed by atoms with Crippen LogP contribution < -0.4 is 15.2 Å². The number of furan rings is 2. The van der Waals surface area contributed by atoms with Gasteiger partial charge in [-0.15, -0.1) is 0 Å². The van der Waals surface area contributed by atoms with Crippen molar-refractivity contribution < 1.29 is 18.3 Å². The molecule has 142 valence electrons. The molecular formula is C22H20N2O4. The van der Waals surface area contributed by atoms with Crippen molar-refractivity contribution in [1.82, 2.24) is 0 Å². The standard InChI is InChI=1S/C22H20N2O4/c1-25-18-7-3-5-13-9-15(27-21(13)18)11-17(24)16(12-23)20-10-14-6-4-8-19(26-2)22(14)28-20/h3-10,16-17H,11,24H2,1-2H3. The van der Waals surface area contributed by atoms with Crippen LogP contribution in [0.25, 0.3) is 21.9 Å². The molecule has 0 spiro atoms. The Balaban J connectivity index is 1.63. The van der Waals surface area contributed by atoms with Crippen molar-refractivity contribution in [3.8, 4) is 17.6 Å². The Bertz CT molecular complexity index is 1170. The normalized spacial score (nSPS) is 13.4. The van der Waals surface area contributed by atoms with Gasteiger partial charge in [0.1, 0.15) is 17.4 Å². The Kier molecular flexibility index (Phi) is 4.68. The molecule has 2 unspecified atom stereocenters. The van der Waals surface area contributed by atoms with E-state index in [4.69, 9.17) is 24.0 Å². The Morgan fingerprint density at radius 3 is 2.18 bits per heavy atom. The molecule has 2 atom stereocenters. The summed E-state index contributed by atoms with van der Waals surface area (Å²) in [6.07, 6.45) is 0.393. The maximum atomic E-state index is 9.73. The summed E-state index contributed by atoms with van der Waals surface area (Å²) in [5.74, 6) is 1.88. The van der Waals surface area contributed by atoms with Gasteiger partial charge in [0.2, 0.25) is 0 Å². The molecule has 0 saturated carbocycles. The number of ether oxygens (including phenoxy) is 2. The van der Waals surface area contributed by atoms with Crippen LogP contribution in [-0.2, 0) is 6.42 Å². The lowest BCUT2D eigenvalue weighted by atomic mass is 9.95. The molecular weight excluding hydrogens is 356 g/mol. The molecule has 0 aliphatic carbocycles. The minimum absolute atomic E-state index is 0.393. The van der Waals surface area contributed by atoms with E-state index in [0.717, 1.165) is 10.8 Å². The van der Waals surface area contributed by atoms with Gasteiger partial charge in [-0.05, 0) is 24.3 Å². The predicted octanol–water partition coefficient (Wildman–Crippen LogP) is 4.37. The lowest BCUT2D eigenvalue weighted by molar-refractivity contribution is 0.399. The molecule has 0 amide bonds. The van der Waals surface area contributed by atoms with E-state index < -0.39 is 12.0 Å². The SMILES string of the molecule is COc1cccc2cc(CC(N)C(C#N)c3cc4cccc(OC)c4o3)oc12. The quantitative estimate of drug-likeness (QED) is 0.537. The van der Waals surface area contributed by atoms with Crippen LogP contribution in [0.3, 0.4) is 0 Å². The number of nitriles is 1. The molecule has 2 aromatic heterocycles. The smallest absolute Gasteiger partial charge is 0.176 e. The van der Waals surface area contributed by atoms with Gasteiger partial charge in [-0.25, -0.2) is 0 Å². The van der Waals surface area contributed by atoms with Crippen molar-refractivity contribution in [2.24, 2.45) is 5.73 Å². The fourth-order valence-electron chi connectivity index (χ4n) is 3.44. The van der Waals surface area contributed by atoms with Crippen LogP contribution in [0.15, 0.2) is 57.4 Å². The topological polar surface area (TPSA) is 94.5 Å². The first-order valence-corrected chi connectivity index (χ1v) is 8.91. The first-order chi connectivity index (χ1) is 13.6. The minimum atomic E-state index is -0.618. The molecule has 4 rings (SSSR count). The third-order valence-corrected chi connectivity index (χ3v) is 4.84. The van der Waals surface area contributed by atoms with E-state index in [0.29, 0.717) is 40.6 Å². The molecule has 0 radical (unpaired) electrons. The number of fused-ring (bicyclic) bond motifs is 2. The van der Waals surface area contributed by atoms with Crippen LogP contribution in [0, 0.1) is 11.3 Å². The zero-order chi connectivity index (χ0) is 19.7. The number of nitrogens with two attached hydrogens (primary N) is 1. The van der Waals surface area contributed by atoms with Crippen LogP contribution in [0.1, 0.15) is 17.4 Å². The minimum Gasteiger partial charge on any atom is -0.493 e. The molecule has 28 heavy (non-hydrogen) atoms. The summed E-state index contributed by atoms with van der Waals surface area (Å²) >= 11 is 0. The van der Waals surface area contributed by atoms with Crippen molar-refractivity contribution in [2.45, 2.75) is 18.4 Å². The van der Waals surface area contributed by atoms with E-state index in [9.17, 15) is 5.26 Å². The zero-order valence-electron chi connectivity index (χ0n) is 15.6. The molecule has 4 aromatic rings. The number of benzene rings is 2. The highest BCUT2D eigenvalue weighted by Crippen LogP contribution is 2.34. The maximum Gasteiger partial charge on any atom is 0.176 e. The summed E-state index contributed by atoms with van der Waals surface area (Å²) < 4.78 is 22.5. The summed E-state index contributed by atoms with van der Waals surface area (Å²) in [4.78, 5) is 0. The number of para-hydroxylation sites is 2. The Hall–Kier alpha value is -3.43. The fraction of sp³-hybridized carbons (Fsp3) is 0.227. The van der Waals surface area contributed by atoms with Crippen molar-refractivity contribution in [3.63, 3.8) is 0 Å². The van der Waals surface area contributed by atoms with Gasteiger partial charge in [-0.1, -0.05) is 24.3 Å². The van der Waals surface area contributed by atoms with Crippen LogP contribution in [0.4, 0.5) is 0 Å². The molecule has 6 nitrogen and oxygen atoms in total. The zero-order valence-corrected chi connectivity index (χ0v) is 15.6. The summed E-state index contributed by atoms with van der Waals surface area (Å²) in [7, 11) is 3.19. The van der Waals surface area contributed by atoms with E-state index in [2.05, 4.69) is 6.07 Å². The average molecular weight is 376 g/mol. The van der Waals surface area contributed by atoms with Gasteiger partial charge in [0.25, 0.3) is 0 Å². The second-order valence-electron chi connectivity index (χ2n) is 6.59. The molecule has 2 aromatic carbocycles. The van der Waals surface area contributed by atoms with Crippen LogP contribution in [0.5, 0.6) is 11.5 Å². The lowest BCUT2D eigenvalue weighted by Gasteiger charge is -2.14. The highest BCUT2D eigenvalue weighted by molar-refractivity contribution is 5.84. The molecule has 2 N–H and O–H groups in total. The first kappa shape index (κ1) is 18.0. The summed E-state index contributed by atoms with van der Waals surface area (Å²) in [6.45, 7) is 0. The van der Waals surface area contributed by atoms with Gasteiger partial charge >= 0.3 is 0 Å². The van der Waals surface area contributed by atoms with Gasteiger partial charge in [0.05, 0.1) is 20.3 Å². The van der Waals surface area contributed by atoms with Crippen LogP contribution in [-0.4, -0.2) is 20.3 Å². The lowest BCUT2D eigenvalue weighted by Crippen LogP contribution is -2.29. The van der Waals surface area contributed by atoms with Gasteiger partial charge in [-0.3, -0.25) is 0 Å². The predicted molar refractivity (Wildman–Crippen MR) is 106 cm³/mol. The third-order valence-electron chi connectivity index (χ3n) is 4.84. The summed E-state index contributed by atoms with van der Waals surface area (Å²) in [5, 5.41) is 11.5. The number of nitrogens with zero attached hydrogens (tertiary/aromatic N) is 1. The van der Waals surface area contributed by atoms with E-state index in [1.165, 1.54) is 0 Å². The van der Waals surface area contributed by atoms with E-state index >= 15 is 0 Å². The van der Waals surface area contributed by atoms with Gasteiger partial charge < -0.3 is 24.0 Å². The van der Waals surface area contributed by atoms with Crippen molar-refractivity contribution in [2.75, 3.05) is 14.2 Å². The van der Waals surface area contributed by atoms with Gasteiger partial charge in [0.15, 0.2) is 22.7 Å². The van der Waals surface area contributed by atoms with Crippen LogP contribution in [0.2, 0.25) is 0 Å². The van der Waals surface area contributed by atoms with Gasteiger partial charge in [-0.2, -0.15) is 5.26 Å². The Labute approximate surface area is 162 Å². The van der Waals surface area contributed by atoms with E-state index in [1.807, 2.05) is 48.5 Å². The highest BCUT2D eigenvalue weighted by Gasteiger charge is 2.26. The molecule has 2 heterocycles. The Morgan fingerprint density at radius 2 is 1.57 bits per heavy atom. The maximum absolute atomic E-state index is 9.73. The van der Waals surface area contributed by atoms with Crippen molar-refractivity contribution in [3.05, 3.63) is 60.1 Å². The molecule has 0 aliphatic heterocycles. The number of hydrogen-bond acceptors (Lipinski definition) is 6. The average Bonchev–Trinajstić information content (AvgIpc) is 3.31. The van der Waals surface area contributed by atoms with Crippen molar-refractivity contribution >= 4 is 21.9 Å². The largest absolute Gasteiger partial charge is 0.493 e. The second kappa shape index (κ2) is 7.29. The third kappa shape index (κ3) is 3.06. The monoisotopic (exact) mass is 376 g/mol. The molecule has 0 fully saturated rings. The molecule has 0 saturated heterocycles. The first-order valence-electron chi connectivity index (χ1n) is 8.91. The number of rotatable bonds is 6. The second-order valence-corrected chi connectivity index (χ2v) is 6.59. The molecule has 0 bridgehead atoms. The summed E-state index contributed by atoms with van der Waals surface area (Å²) in [6, 6.07) is 16.8. The Morgan fingerprint density at radius 1 is 0.964 bits per heavy atom.